The highest BCUT2D eigenvalue weighted by molar-refractivity contribution is 5.96. The highest BCUT2D eigenvalue weighted by Gasteiger charge is 2.12. The van der Waals surface area contributed by atoms with E-state index in [1.54, 1.807) is 13.0 Å². The number of amides is 1. The molecule has 21 heavy (non-hydrogen) atoms. The van der Waals surface area contributed by atoms with Crippen LogP contribution in [0.15, 0.2) is 22.7 Å². The fraction of sp³-hybridized carbons (Fsp3) is 0.267. The van der Waals surface area contributed by atoms with Crippen molar-refractivity contribution in [3.8, 4) is 11.8 Å². The number of carbonyl (C=O) groups is 1. The van der Waals surface area contributed by atoms with Crippen molar-refractivity contribution >= 4 is 5.91 Å². The van der Waals surface area contributed by atoms with Crippen LogP contribution in [0.1, 0.15) is 33.2 Å². The summed E-state index contributed by atoms with van der Waals surface area (Å²) < 4.78 is 4.85. The van der Waals surface area contributed by atoms with E-state index in [0.29, 0.717) is 22.8 Å². The van der Waals surface area contributed by atoms with Gasteiger partial charge in [-0.2, -0.15) is 4.98 Å². The predicted molar refractivity (Wildman–Crippen MR) is 77.3 cm³/mol. The molecule has 1 heterocycles. The summed E-state index contributed by atoms with van der Waals surface area (Å²) in [5.41, 5.74) is 7.51. The molecule has 3 N–H and O–H groups in total. The van der Waals surface area contributed by atoms with Crippen LogP contribution in [0.4, 0.5) is 0 Å². The fourth-order valence-corrected chi connectivity index (χ4v) is 1.77. The van der Waals surface area contributed by atoms with Gasteiger partial charge in [-0.05, 0) is 19.1 Å². The van der Waals surface area contributed by atoms with Crippen molar-refractivity contribution in [3.63, 3.8) is 0 Å². The van der Waals surface area contributed by atoms with Gasteiger partial charge in [0, 0.05) is 12.5 Å². The summed E-state index contributed by atoms with van der Waals surface area (Å²) in [6.07, 6.45) is 0. The van der Waals surface area contributed by atoms with Crippen molar-refractivity contribution in [1.82, 2.24) is 15.5 Å². The normalized spacial score (nSPS) is 9.86. The maximum Gasteiger partial charge on any atom is 0.252 e. The summed E-state index contributed by atoms with van der Waals surface area (Å²) in [7, 11) is 0. The van der Waals surface area contributed by atoms with Gasteiger partial charge in [-0.25, -0.2) is 0 Å². The predicted octanol–water partition coefficient (Wildman–Crippen LogP) is 0.927. The molecule has 6 heteroatoms. The molecule has 1 aromatic carbocycles. The first kappa shape index (κ1) is 14.8. The highest BCUT2D eigenvalue weighted by atomic mass is 16.5. The maximum atomic E-state index is 12.3. The monoisotopic (exact) mass is 284 g/mol. The average Bonchev–Trinajstić information content (AvgIpc) is 2.89. The van der Waals surface area contributed by atoms with Gasteiger partial charge in [0.05, 0.1) is 18.7 Å². The van der Waals surface area contributed by atoms with Gasteiger partial charge in [0.25, 0.3) is 5.91 Å². The van der Waals surface area contributed by atoms with Crippen molar-refractivity contribution in [3.05, 3.63) is 46.6 Å². The molecule has 0 fully saturated rings. The van der Waals surface area contributed by atoms with Gasteiger partial charge in [-0.1, -0.05) is 28.6 Å². The molecule has 0 saturated heterocycles. The lowest BCUT2D eigenvalue weighted by molar-refractivity contribution is 0.0949. The van der Waals surface area contributed by atoms with E-state index in [9.17, 15) is 4.79 Å². The van der Waals surface area contributed by atoms with Gasteiger partial charge in [0.2, 0.25) is 5.89 Å². The first-order valence-corrected chi connectivity index (χ1v) is 6.47. The van der Waals surface area contributed by atoms with Crippen molar-refractivity contribution in [2.24, 2.45) is 5.73 Å². The third kappa shape index (κ3) is 3.91. The molecule has 0 aliphatic carbocycles. The van der Waals surface area contributed by atoms with E-state index >= 15 is 0 Å². The van der Waals surface area contributed by atoms with Crippen LogP contribution in [-0.4, -0.2) is 22.6 Å². The van der Waals surface area contributed by atoms with Crippen LogP contribution in [0.3, 0.4) is 0 Å². The lowest BCUT2D eigenvalue weighted by Crippen LogP contribution is -2.24. The zero-order valence-corrected chi connectivity index (χ0v) is 11.9. The summed E-state index contributed by atoms with van der Waals surface area (Å²) in [5, 5.41) is 6.48. The molecule has 0 aliphatic rings. The number of carbonyl (C=O) groups excluding carboxylic acids is 1. The summed E-state index contributed by atoms with van der Waals surface area (Å²) in [4.78, 5) is 16.3. The number of nitrogens with one attached hydrogen (secondary N) is 1. The Labute approximate surface area is 122 Å². The van der Waals surface area contributed by atoms with Crippen LogP contribution in [0.5, 0.6) is 0 Å². The molecule has 2 rings (SSSR count). The number of rotatable bonds is 3. The number of nitrogens with zero attached hydrogens (tertiary/aromatic N) is 2. The molecule has 0 bridgehead atoms. The average molecular weight is 284 g/mol. The summed E-state index contributed by atoms with van der Waals surface area (Å²) >= 11 is 0. The Hall–Kier alpha value is -2.65. The Morgan fingerprint density at radius 2 is 2.24 bits per heavy atom. The molecule has 2 aromatic rings. The zero-order valence-electron chi connectivity index (χ0n) is 11.9. The van der Waals surface area contributed by atoms with Gasteiger partial charge in [0.15, 0.2) is 5.82 Å². The number of aromatic nitrogens is 2. The van der Waals surface area contributed by atoms with Crippen LogP contribution in [0.2, 0.25) is 0 Å². The SMILES string of the molecule is Cc1ccc(C#CCN)c(C(=O)NCc2noc(C)n2)c1. The molecule has 0 saturated carbocycles. The van der Waals surface area contributed by atoms with Gasteiger partial charge < -0.3 is 15.6 Å². The molecule has 0 radical (unpaired) electrons. The number of benzene rings is 1. The molecule has 1 aromatic heterocycles. The van der Waals surface area contributed by atoms with Crippen molar-refractivity contribution < 1.29 is 9.32 Å². The van der Waals surface area contributed by atoms with Crippen molar-refractivity contribution in [2.75, 3.05) is 6.54 Å². The second kappa shape index (κ2) is 6.68. The van der Waals surface area contributed by atoms with Crippen molar-refractivity contribution in [2.45, 2.75) is 20.4 Å². The molecule has 0 unspecified atom stereocenters. The molecule has 108 valence electrons. The number of hydrogen-bond donors (Lipinski definition) is 2. The van der Waals surface area contributed by atoms with Gasteiger partial charge in [-0.15, -0.1) is 0 Å². The molecule has 6 nitrogen and oxygen atoms in total. The van der Waals surface area contributed by atoms with E-state index in [-0.39, 0.29) is 19.0 Å². The highest BCUT2D eigenvalue weighted by Crippen LogP contribution is 2.11. The summed E-state index contributed by atoms with van der Waals surface area (Å²) in [6.45, 7) is 4.06. The summed E-state index contributed by atoms with van der Waals surface area (Å²) in [5.74, 6) is 6.31. The standard InChI is InChI=1S/C15H16N4O2/c1-10-5-6-12(4-3-7-16)13(8-10)15(20)17-9-14-18-11(2)21-19-14/h5-6,8H,7,9,16H2,1-2H3,(H,17,20). The minimum Gasteiger partial charge on any atom is -0.345 e. The van der Waals surface area contributed by atoms with E-state index in [1.807, 2.05) is 19.1 Å². The van der Waals surface area contributed by atoms with Crippen LogP contribution in [0.25, 0.3) is 0 Å². The Balaban J connectivity index is 2.15. The van der Waals surface area contributed by atoms with E-state index < -0.39 is 0 Å². The third-order valence-electron chi connectivity index (χ3n) is 2.72. The first-order chi connectivity index (χ1) is 10.1. The third-order valence-corrected chi connectivity index (χ3v) is 2.72. The Morgan fingerprint density at radius 3 is 2.90 bits per heavy atom. The van der Waals surface area contributed by atoms with Crippen molar-refractivity contribution in [1.29, 1.82) is 0 Å². The van der Waals surface area contributed by atoms with E-state index in [4.69, 9.17) is 10.3 Å². The van der Waals surface area contributed by atoms with Crippen LogP contribution in [-0.2, 0) is 6.54 Å². The minimum atomic E-state index is -0.234. The Morgan fingerprint density at radius 1 is 1.43 bits per heavy atom. The Kier molecular flexibility index (Phi) is 4.69. The van der Waals surface area contributed by atoms with Gasteiger partial charge in [0.1, 0.15) is 0 Å². The van der Waals surface area contributed by atoms with E-state index in [1.165, 1.54) is 0 Å². The molecular weight excluding hydrogens is 268 g/mol. The van der Waals surface area contributed by atoms with Crippen LogP contribution < -0.4 is 11.1 Å². The van der Waals surface area contributed by atoms with E-state index in [0.717, 1.165) is 5.56 Å². The van der Waals surface area contributed by atoms with Crippen LogP contribution >= 0.6 is 0 Å². The molecule has 1 amide bonds. The largest absolute Gasteiger partial charge is 0.345 e. The summed E-state index contributed by atoms with van der Waals surface area (Å²) in [6, 6.07) is 5.50. The lowest BCUT2D eigenvalue weighted by Gasteiger charge is -2.06. The topological polar surface area (TPSA) is 94.0 Å². The smallest absolute Gasteiger partial charge is 0.252 e. The van der Waals surface area contributed by atoms with Gasteiger partial charge in [-0.3, -0.25) is 4.79 Å². The van der Waals surface area contributed by atoms with Gasteiger partial charge >= 0.3 is 0 Å². The van der Waals surface area contributed by atoms with Crippen LogP contribution in [0, 0.1) is 25.7 Å². The molecule has 0 atom stereocenters. The quantitative estimate of drug-likeness (QED) is 0.818. The molecule has 0 spiro atoms. The number of nitrogens with two attached hydrogens (primary N) is 1. The Bertz CT molecular complexity index is 710. The second-order valence-corrected chi connectivity index (χ2v) is 4.47. The number of aryl methyl sites for hydroxylation is 2. The number of hydrogen-bond acceptors (Lipinski definition) is 5. The minimum absolute atomic E-state index is 0.202. The first-order valence-electron chi connectivity index (χ1n) is 6.47. The molecular formula is C15H16N4O2. The van der Waals surface area contributed by atoms with E-state index in [2.05, 4.69) is 27.3 Å². The maximum absolute atomic E-state index is 12.3. The lowest BCUT2D eigenvalue weighted by atomic mass is 10.0. The zero-order chi connectivity index (χ0) is 15.2. The second-order valence-electron chi connectivity index (χ2n) is 4.47. The molecule has 0 aliphatic heterocycles. The fourth-order valence-electron chi connectivity index (χ4n) is 1.77.